The fourth-order valence-electron chi connectivity index (χ4n) is 2.84. The first-order valence-corrected chi connectivity index (χ1v) is 7.74. The fraction of sp³-hybridized carbons (Fsp3) is 0.263. The molecular weight excluding hydrogens is 286 g/mol. The minimum atomic E-state index is 0.517. The Balaban J connectivity index is 1.75. The van der Waals surface area contributed by atoms with Crippen LogP contribution in [0.15, 0.2) is 40.8 Å². The summed E-state index contributed by atoms with van der Waals surface area (Å²) in [7, 11) is 0. The van der Waals surface area contributed by atoms with E-state index in [2.05, 4.69) is 48.4 Å². The van der Waals surface area contributed by atoms with Crippen molar-refractivity contribution in [1.82, 2.24) is 10.2 Å². The number of anilines is 1. The Morgan fingerprint density at radius 1 is 0.913 bits per heavy atom. The Kier molecular flexibility index (Phi) is 4.15. The van der Waals surface area contributed by atoms with Gasteiger partial charge in [0.15, 0.2) is 0 Å². The van der Waals surface area contributed by atoms with Gasteiger partial charge in [0.25, 0.3) is 0 Å². The van der Waals surface area contributed by atoms with Gasteiger partial charge in [-0.05, 0) is 51.0 Å². The quantitative estimate of drug-likeness (QED) is 0.766. The van der Waals surface area contributed by atoms with Crippen molar-refractivity contribution in [2.75, 3.05) is 5.32 Å². The Morgan fingerprint density at radius 3 is 2.35 bits per heavy atom. The van der Waals surface area contributed by atoms with E-state index in [-0.39, 0.29) is 0 Å². The highest BCUT2D eigenvalue weighted by atomic mass is 16.4. The van der Waals surface area contributed by atoms with Crippen LogP contribution in [0, 0.1) is 27.7 Å². The van der Waals surface area contributed by atoms with Crippen molar-refractivity contribution in [2.45, 2.75) is 34.2 Å². The van der Waals surface area contributed by atoms with E-state index in [0.717, 1.165) is 11.3 Å². The molecule has 0 unspecified atom stereocenters. The molecule has 4 heteroatoms. The first-order valence-electron chi connectivity index (χ1n) is 7.74. The number of nitrogens with one attached hydrogen (secondary N) is 1. The lowest BCUT2D eigenvalue weighted by atomic mass is 10.1. The van der Waals surface area contributed by atoms with Crippen molar-refractivity contribution >= 4 is 5.69 Å². The van der Waals surface area contributed by atoms with Gasteiger partial charge < -0.3 is 9.73 Å². The summed E-state index contributed by atoms with van der Waals surface area (Å²) in [5.74, 6) is 1.14. The van der Waals surface area contributed by atoms with Crippen LogP contribution in [0.2, 0.25) is 0 Å². The smallest absolute Gasteiger partial charge is 0.247 e. The number of hydrogen-bond donors (Lipinski definition) is 1. The van der Waals surface area contributed by atoms with E-state index in [1.54, 1.807) is 0 Å². The van der Waals surface area contributed by atoms with Gasteiger partial charge in [0.05, 0.1) is 6.54 Å². The van der Waals surface area contributed by atoms with Crippen LogP contribution < -0.4 is 5.32 Å². The van der Waals surface area contributed by atoms with Gasteiger partial charge in [-0.3, -0.25) is 0 Å². The van der Waals surface area contributed by atoms with Gasteiger partial charge in [0.1, 0.15) is 0 Å². The molecule has 3 rings (SSSR count). The van der Waals surface area contributed by atoms with Crippen LogP contribution in [0.3, 0.4) is 0 Å². The Hall–Kier alpha value is -2.62. The summed E-state index contributed by atoms with van der Waals surface area (Å²) in [6.45, 7) is 8.88. The van der Waals surface area contributed by atoms with Gasteiger partial charge in [-0.2, -0.15) is 0 Å². The molecule has 1 heterocycles. The molecular formula is C19H21N3O. The van der Waals surface area contributed by atoms with Gasteiger partial charge in [-0.1, -0.05) is 35.4 Å². The lowest BCUT2D eigenvalue weighted by Gasteiger charge is -2.12. The molecule has 118 valence electrons. The van der Waals surface area contributed by atoms with E-state index in [1.165, 1.54) is 22.3 Å². The molecule has 0 aliphatic heterocycles. The molecule has 0 aliphatic carbocycles. The lowest BCUT2D eigenvalue weighted by Crippen LogP contribution is -2.03. The van der Waals surface area contributed by atoms with Gasteiger partial charge in [0, 0.05) is 11.3 Å². The van der Waals surface area contributed by atoms with E-state index in [1.807, 2.05) is 31.2 Å². The van der Waals surface area contributed by atoms with Crippen molar-refractivity contribution in [1.29, 1.82) is 0 Å². The second kappa shape index (κ2) is 6.24. The minimum absolute atomic E-state index is 0.517. The highest BCUT2D eigenvalue weighted by molar-refractivity contribution is 5.58. The van der Waals surface area contributed by atoms with Gasteiger partial charge in [-0.15, -0.1) is 10.2 Å². The van der Waals surface area contributed by atoms with Gasteiger partial charge >= 0.3 is 0 Å². The maximum Gasteiger partial charge on any atom is 0.247 e. The Morgan fingerprint density at radius 2 is 1.65 bits per heavy atom. The van der Waals surface area contributed by atoms with Crippen molar-refractivity contribution < 1.29 is 4.42 Å². The maximum atomic E-state index is 5.77. The first kappa shape index (κ1) is 15.3. The van der Waals surface area contributed by atoms with Gasteiger partial charge in [0.2, 0.25) is 11.8 Å². The fourth-order valence-corrected chi connectivity index (χ4v) is 2.84. The average molecular weight is 307 g/mol. The molecule has 4 nitrogen and oxygen atoms in total. The molecule has 1 N–H and O–H groups in total. The molecule has 23 heavy (non-hydrogen) atoms. The van der Waals surface area contributed by atoms with Crippen LogP contribution in [0.1, 0.15) is 28.1 Å². The summed E-state index contributed by atoms with van der Waals surface area (Å²) in [6.07, 6.45) is 0. The summed E-state index contributed by atoms with van der Waals surface area (Å²) in [6, 6.07) is 12.4. The van der Waals surface area contributed by atoms with Crippen molar-refractivity contribution in [3.05, 3.63) is 64.5 Å². The predicted molar refractivity (Wildman–Crippen MR) is 92.5 cm³/mol. The summed E-state index contributed by atoms with van der Waals surface area (Å²) in [5, 5.41) is 11.7. The summed E-state index contributed by atoms with van der Waals surface area (Å²) in [5.41, 5.74) is 6.97. The highest BCUT2D eigenvalue weighted by Crippen LogP contribution is 2.23. The van der Waals surface area contributed by atoms with E-state index < -0.39 is 0 Å². The van der Waals surface area contributed by atoms with Crippen molar-refractivity contribution in [2.24, 2.45) is 0 Å². The van der Waals surface area contributed by atoms with Crippen LogP contribution in [-0.4, -0.2) is 10.2 Å². The van der Waals surface area contributed by atoms with Crippen LogP contribution in [0.4, 0.5) is 5.69 Å². The largest absolute Gasteiger partial charge is 0.419 e. The predicted octanol–water partition coefficient (Wildman–Crippen LogP) is 4.58. The zero-order valence-electron chi connectivity index (χ0n) is 14.0. The molecule has 0 saturated heterocycles. The topological polar surface area (TPSA) is 51.0 Å². The highest BCUT2D eigenvalue weighted by Gasteiger charge is 2.10. The van der Waals surface area contributed by atoms with E-state index >= 15 is 0 Å². The Labute approximate surface area is 136 Å². The molecule has 0 saturated carbocycles. The van der Waals surface area contributed by atoms with Crippen LogP contribution >= 0.6 is 0 Å². The van der Waals surface area contributed by atoms with Gasteiger partial charge in [-0.25, -0.2) is 0 Å². The van der Waals surface area contributed by atoms with E-state index in [4.69, 9.17) is 4.42 Å². The normalized spacial score (nSPS) is 10.8. The van der Waals surface area contributed by atoms with Crippen LogP contribution in [0.25, 0.3) is 11.5 Å². The molecule has 0 aliphatic rings. The van der Waals surface area contributed by atoms with Crippen LogP contribution in [-0.2, 0) is 6.54 Å². The molecule has 0 bridgehead atoms. The first-order chi connectivity index (χ1) is 11.0. The molecule has 0 spiro atoms. The second-order valence-corrected chi connectivity index (χ2v) is 6.00. The SMILES string of the molecule is Cc1cccc(-c2nnc(CNc3c(C)cc(C)cc3C)o2)c1. The molecule has 3 aromatic rings. The van der Waals surface area contributed by atoms with Crippen molar-refractivity contribution in [3.8, 4) is 11.5 Å². The summed E-state index contributed by atoms with van der Waals surface area (Å²) < 4.78 is 5.77. The minimum Gasteiger partial charge on any atom is -0.419 e. The number of nitrogens with zero attached hydrogens (tertiary/aromatic N) is 2. The van der Waals surface area contributed by atoms with E-state index in [9.17, 15) is 0 Å². The molecule has 1 aromatic heterocycles. The number of aryl methyl sites for hydroxylation is 4. The summed E-state index contributed by atoms with van der Waals surface area (Å²) >= 11 is 0. The Bertz CT molecular complexity index is 813. The maximum absolute atomic E-state index is 5.77. The average Bonchev–Trinajstić information content (AvgIpc) is 2.95. The third-order valence-electron chi connectivity index (χ3n) is 3.83. The third kappa shape index (κ3) is 3.42. The molecule has 0 fully saturated rings. The van der Waals surface area contributed by atoms with E-state index in [0.29, 0.717) is 18.3 Å². The lowest BCUT2D eigenvalue weighted by molar-refractivity contribution is 0.515. The zero-order valence-corrected chi connectivity index (χ0v) is 14.0. The number of hydrogen-bond acceptors (Lipinski definition) is 4. The molecule has 2 aromatic carbocycles. The number of rotatable bonds is 4. The standard InChI is InChI=1S/C19H21N3O/c1-12-6-5-7-16(10-12)19-22-21-17(23-19)11-20-18-14(3)8-13(2)9-15(18)4/h5-10,20H,11H2,1-4H3. The van der Waals surface area contributed by atoms with Crippen LogP contribution in [0.5, 0.6) is 0 Å². The number of benzene rings is 2. The summed E-state index contributed by atoms with van der Waals surface area (Å²) in [4.78, 5) is 0. The second-order valence-electron chi connectivity index (χ2n) is 6.00. The van der Waals surface area contributed by atoms with Crippen molar-refractivity contribution in [3.63, 3.8) is 0 Å². The molecule has 0 atom stereocenters. The zero-order chi connectivity index (χ0) is 16.4. The molecule has 0 radical (unpaired) electrons. The number of aromatic nitrogens is 2. The monoisotopic (exact) mass is 307 g/mol. The molecule has 0 amide bonds. The third-order valence-corrected chi connectivity index (χ3v) is 3.83.